The zero-order chi connectivity index (χ0) is 22.4. The number of benzene rings is 2. The maximum atomic E-state index is 12.3. The maximum Gasteiger partial charge on any atom is 0.248 e. The fraction of sp³-hybridized carbons (Fsp3) is 0.333. The summed E-state index contributed by atoms with van der Waals surface area (Å²) in [7, 11) is 0. The van der Waals surface area contributed by atoms with Gasteiger partial charge in [-0.2, -0.15) is 0 Å². The Morgan fingerprint density at radius 3 is 2.32 bits per heavy atom. The van der Waals surface area contributed by atoms with Crippen LogP contribution in [-0.2, 0) is 9.59 Å². The number of nitrogens with one attached hydrogen (secondary N) is 1. The fourth-order valence-corrected chi connectivity index (χ4v) is 3.87. The van der Waals surface area contributed by atoms with Crippen LogP contribution < -0.4 is 10.2 Å². The number of hydrogen-bond donors (Lipinski definition) is 1. The number of anilines is 2. The summed E-state index contributed by atoms with van der Waals surface area (Å²) < 4.78 is 0. The summed E-state index contributed by atoms with van der Waals surface area (Å²) in [5, 5.41) is 4.05. The lowest BCUT2D eigenvalue weighted by molar-refractivity contribution is -0.132. The Kier molecular flexibility index (Phi) is 7.99. The molecule has 7 heteroatoms. The third-order valence-corrected chi connectivity index (χ3v) is 5.62. The second kappa shape index (κ2) is 10.7. The van der Waals surface area contributed by atoms with Crippen molar-refractivity contribution in [3.05, 3.63) is 64.1 Å². The predicted molar refractivity (Wildman–Crippen MR) is 129 cm³/mol. The molecular weight excluding hydrogens is 433 g/mol. The van der Waals surface area contributed by atoms with Gasteiger partial charge in [0.1, 0.15) is 0 Å². The van der Waals surface area contributed by atoms with Gasteiger partial charge in [-0.25, -0.2) is 0 Å². The minimum Gasteiger partial charge on any atom is -0.367 e. The lowest BCUT2D eigenvalue weighted by atomic mass is 10.1. The standard InChI is InChI=1S/C24H27Cl2N3O2/c1-17(2)15-24(31)29-13-11-28(12-14-29)22-9-8-20(16-21(22)26)27-23(30)10-5-18-3-6-19(25)7-4-18/h3-10,16-17H,11-15H2,1-2H3,(H,27,30)/b10-5+. The van der Waals surface area contributed by atoms with Crippen molar-refractivity contribution in [1.29, 1.82) is 0 Å². The summed E-state index contributed by atoms with van der Waals surface area (Å²) in [5.74, 6) is 0.338. The Morgan fingerprint density at radius 2 is 1.71 bits per heavy atom. The van der Waals surface area contributed by atoms with Crippen molar-refractivity contribution in [1.82, 2.24) is 4.90 Å². The van der Waals surface area contributed by atoms with Gasteiger partial charge in [0, 0.05) is 49.4 Å². The van der Waals surface area contributed by atoms with Crippen molar-refractivity contribution >= 4 is 52.5 Å². The van der Waals surface area contributed by atoms with Gasteiger partial charge < -0.3 is 15.1 Å². The molecule has 1 aliphatic heterocycles. The van der Waals surface area contributed by atoms with Gasteiger partial charge in [-0.3, -0.25) is 9.59 Å². The summed E-state index contributed by atoms with van der Waals surface area (Å²) >= 11 is 12.4. The molecule has 1 N–H and O–H groups in total. The second-order valence-corrected chi connectivity index (χ2v) is 8.85. The average molecular weight is 460 g/mol. The molecule has 2 aromatic carbocycles. The van der Waals surface area contributed by atoms with E-state index >= 15 is 0 Å². The molecule has 0 radical (unpaired) electrons. The summed E-state index contributed by atoms with van der Waals surface area (Å²) in [4.78, 5) is 28.6. The molecule has 31 heavy (non-hydrogen) atoms. The number of halogens is 2. The highest BCUT2D eigenvalue weighted by Crippen LogP contribution is 2.30. The third kappa shape index (κ3) is 6.74. The Balaban J connectivity index is 1.56. The second-order valence-electron chi connectivity index (χ2n) is 8.01. The molecule has 164 valence electrons. The first kappa shape index (κ1) is 23.2. The van der Waals surface area contributed by atoms with Crippen LogP contribution in [0.25, 0.3) is 6.08 Å². The van der Waals surface area contributed by atoms with E-state index < -0.39 is 0 Å². The minimum absolute atomic E-state index is 0.213. The summed E-state index contributed by atoms with van der Waals surface area (Å²) in [5.41, 5.74) is 2.43. The van der Waals surface area contributed by atoms with Gasteiger partial charge in [0.05, 0.1) is 10.7 Å². The topological polar surface area (TPSA) is 52.7 Å². The number of amides is 2. The van der Waals surface area contributed by atoms with Gasteiger partial charge in [0.15, 0.2) is 0 Å². The van der Waals surface area contributed by atoms with Crippen LogP contribution in [0.5, 0.6) is 0 Å². The molecule has 2 amide bonds. The quantitative estimate of drug-likeness (QED) is 0.593. The molecular formula is C24H27Cl2N3O2. The maximum absolute atomic E-state index is 12.3. The van der Waals surface area contributed by atoms with Gasteiger partial charge in [-0.1, -0.05) is 49.2 Å². The van der Waals surface area contributed by atoms with Crippen LogP contribution in [0.1, 0.15) is 25.8 Å². The summed E-state index contributed by atoms with van der Waals surface area (Å²) in [6.45, 7) is 6.97. The van der Waals surface area contributed by atoms with Crippen LogP contribution in [0, 0.1) is 5.92 Å². The summed E-state index contributed by atoms with van der Waals surface area (Å²) in [6, 6.07) is 12.7. The molecule has 0 unspecified atom stereocenters. The van der Waals surface area contributed by atoms with Crippen molar-refractivity contribution in [3.8, 4) is 0 Å². The van der Waals surface area contributed by atoms with Gasteiger partial charge in [-0.15, -0.1) is 0 Å². The van der Waals surface area contributed by atoms with Gasteiger partial charge >= 0.3 is 0 Å². The molecule has 3 rings (SSSR count). The van der Waals surface area contributed by atoms with E-state index in [1.807, 2.05) is 29.2 Å². The lowest BCUT2D eigenvalue weighted by Gasteiger charge is -2.36. The summed E-state index contributed by atoms with van der Waals surface area (Å²) in [6.07, 6.45) is 3.78. The highest BCUT2D eigenvalue weighted by Gasteiger charge is 2.22. The highest BCUT2D eigenvalue weighted by molar-refractivity contribution is 6.33. The van der Waals surface area contributed by atoms with Crippen LogP contribution in [-0.4, -0.2) is 42.9 Å². The van der Waals surface area contributed by atoms with E-state index in [9.17, 15) is 9.59 Å². The Bertz CT molecular complexity index is 950. The zero-order valence-corrected chi connectivity index (χ0v) is 19.3. The van der Waals surface area contributed by atoms with Crippen molar-refractivity contribution in [2.45, 2.75) is 20.3 Å². The molecule has 0 aromatic heterocycles. The predicted octanol–water partition coefficient (Wildman–Crippen LogP) is 5.34. The fourth-order valence-electron chi connectivity index (χ4n) is 3.45. The molecule has 0 aliphatic carbocycles. The van der Waals surface area contributed by atoms with E-state index in [2.05, 4.69) is 24.1 Å². The first-order valence-corrected chi connectivity index (χ1v) is 11.1. The van der Waals surface area contributed by atoms with Crippen molar-refractivity contribution in [2.24, 2.45) is 5.92 Å². The van der Waals surface area contributed by atoms with E-state index in [1.165, 1.54) is 6.08 Å². The Morgan fingerprint density at radius 1 is 1.03 bits per heavy atom. The number of piperazine rings is 1. The van der Waals surface area contributed by atoms with Gasteiger partial charge in [-0.05, 0) is 47.9 Å². The number of carbonyl (C=O) groups excluding carboxylic acids is 2. The van der Waals surface area contributed by atoms with Crippen molar-refractivity contribution in [3.63, 3.8) is 0 Å². The molecule has 1 aliphatic rings. The minimum atomic E-state index is -0.240. The molecule has 1 heterocycles. The number of carbonyl (C=O) groups is 2. The zero-order valence-electron chi connectivity index (χ0n) is 17.8. The molecule has 2 aromatic rings. The molecule has 0 atom stereocenters. The normalized spacial score (nSPS) is 14.4. The molecule has 0 saturated carbocycles. The number of nitrogens with zero attached hydrogens (tertiary/aromatic N) is 2. The van der Waals surface area contributed by atoms with Crippen LogP contribution in [0.3, 0.4) is 0 Å². The first-order chi connectivity index (χ1) is 14.8. The number of rotatable bonds is 6. The van der Waals surface area contributed by atoms with Crippen LogP contribution >= 0.6 is 23.2 Å². The van der Waals surface area contributed by atoms with Crippen molar-refractivity contribution < 1.29 is 9.59 Å². The molecule has 1 fully saturated rings. The lowest BCUT2D eigenvalue weighted by Crippen LogP contribution is -2.49. The monoisotopic (exact) mass is 459 g/mol. The molecule has 1 saturated heterocycles. The first-order valence-electron chi connectivity index (χ1n) is 10.4. The SMILES string of the molecule is CC(C)CC(=O)N1CCN(c2ccc(NC(=O)/C=C/c3ccc(Cl)cc3)cc2Cl)CC1. The average Bonchev–Trinajstić information content (AvgIpc) is 2.73. The smallest absolute Gasteiger partial charge is 0.248 e. The van der Waals surface area contributed by atoms with E-state index in [-0.39, 0.29) is 11.8 Å². The largest absolute Gasteiger partial charge is 0.367 e. The van der Waals surface area contributed by atoms with Crippen LogP contribution in [0.2, 0.25) is 10.0 Å². The highest BCUT2D eigenvalue weighted by atomic mass is 35.5. The Labute approximate surface area is 193 Å². The molecule has 0 spiro atoms. The van der Waals surface area contributed by atoms with E-state index in [4.69, 9.17) is 23.2 Å². The molecule has 5 nitrogen and oxygen atoms in total. The number of hydrogen-bond acceptors (Lipinski definition) is 3. The van der Waals surface area contributed by atoms with Crippen molar-refractivity contribution in [2.75, 3.05) is 36.4 Å². The van der Waals surface area contributed by atoms with Crippen LogP contribution in [0.15, 0.2) is 48.5 Å². The Hall–Kier alpha value is -2.50. The molecule has 0 bridgehead atoms. The van der Waals surface area contributed by atoms with Crippen LogP contribution in [0.4, 0.5) is 11.4 Å². The van der Waals surface area contributed by atoms with Gasteiger partial charge in [0.25, 0.3) is 0 Å². The van der Waals surface area contributed by atoms with E-state index in [1.54, 1.807) is 24.3 Å². The van der Waals surface area contributed by atoms with E-state index in [0.29, 0.717) is 41.2 Å². The third-order valence-electron chi connectivity index (χ3n) is 5.07. The van der Waals surface area contributed by atoms with Gasteiger partial charge in [0.2, 0.25) is 11.8 Å². The van der Waals surface area contributed by atoms with E-state index in [0.717, 1.165) is 24.3 Å².